The van der Waals surface area contributed by atoms with Crippen molar-refractivity contribution in [1.82, 2.24) is 0 Å². The lowest BCUT2D eigenvalue weighted by Gasteiger charge is -2.24. The van der Waals surface area contributed by atoms with E-state index in [-0.39, 0.29) is 32.9 Å². The summed E-state index contributed by atoms with van der Waals surface area (Å²) in [5, 5.41) is 2.35. The quantitative estimate of drug-likeness (QED) is 0.363. The van der Waals surface area contributed by atoms with Crippen LogP contribution in [0.25, 0.3) is 0 Å². The molecular weight excluding hydrogens is 536 g/mol. The highest BCUT2D eigenvalue weighted by molar-refractivity contribution is 7.92. The van der Waals surface area contributed by atoms with Crippen molar-refractivity contribution < 1.29 is 26.4 Å². The second-order valence-corrected chi connectivity index (χ2v) is 10.3. The number of benzene rings is 3. The number of nitrogens with one attached hydrogen (secondary N) is 1. The lowest BCUT2D eigenvalue weighted by atomic mass is 10.1. The Hall–Kier alpha value is -2.46. The molecule has 180 valence electrons. The molecule has 3 aromatic carbocycles. The van der Waals surface area contributed by atoms with Gasteiger partial charge in [-0.3, -0.25) is 9.10 Å². The van der Waals surface area contributed by atoms with Gasteiger partial charge < -0.3 is 5.32 Å². The molecule has 0 radical (unpaired) electrons. The fourth-order valence-corrected chi connectivity index (χ4v) is 4.56. The van der Waals surface area contributed by atoms with E-state index in [1.165, 1.54) is 42.5 Å². The van der Waals surface area contributed by atoms with Crippen molar-refractivity contribution in [3.63, 3.8) is 0 Å². The first-order valence-corrected chi connectivity index (χ1v) is 12.4. The highest BCUT2D eigenvalue weighted by Crippen LogP contribution is 2.37. The number of halogens is 6. The number of anilines is 2. The standard InChI is InChI=1S/C22H16Cl3F3N2O3S/c1-34(32,33)30(19-4-2-3-17(24)20(19)25)12-13-5-7-14(8-6-13)21(31)29-18-10-9-15(23)11-16(18)22(26,27)28/h2-11H,12H2,1H3,(H,29,31). The minimum Gasteiger partial charge on any atom is -0.321 e. The third kappa shape index (κ3) is 6.15. The van der Waals surface area contributed by atoms with Crippen LogP contribution in [-0.4, -0.2) is 20.6 Å². The van der Waals surface area contributed by atoms with E-state index in [0.717, 1.165) is 22.7 Å². The van der Waals surface area contributed by atoms with E-state index < -0.39 is 33.4 Å². The van der Waals surface area contributed by atoms with Gasteiger partial charge in [0.15, 0.2) is 0 Å². The second-order valence-electron chi connectivity index (χ2n) is 7.18. The third-order valence-corrected chi connectivity index (χ3v) is 6.85. The van der Waals surface area contributed by atoms with Gasteiger partial charge in [-0.2, -0.15) is 13.2 Å². The first-order chi connectivity index (χ1) is 15.8. The van der Waals surface area contributed by atoms with Gasteiger partial charge >= 0.3 is 6.18 Å². The third-order valence-electron chi connectivity index (χ3n) is 4.68. The molecule has 0 heterocycles. The van der Waals surface area contributed by atoms with Gasteiger partial charge in [0.2, 0.25) is 10.0 Å². The molecule has 5 nitrogen and oxygen atoms in total. The van der Waals surface area contributed by atoms with Gasteiger partial charge in [-0.05, 0) is 48.0 Å². The van der Waals surface area contributed by atoms with Gasteiger partial charge in [0, 0.05) is 10.6 Å². The summed E-state index contributed by atoms with van der Waals surface area (Å²) in [7, 11) is -3.75. The summed E-state index contributed by atoms with van der Waals surface area (Å²) >= 11 is 17.8. The van der Waals surface area contributed by atoms with Crippen LogP contribution in [0.5, 0.6) is 0 Å². The molecule has 0 aromatic heterocycles. The molecule has 3 rings (SSSR count). The van der Waals surface area contributed by atoms with E-state index in [4.69, 9.17) is 34.8 Å². The van der Waals surface area contributed by atoms with E-state index >= 15 is 0 Å². The monoisotopic (exact) mass is 550 g/mol. The zero-order valence-corrected chi connectivity index (χ0v) is 20.4. The van der Waals surface area contributed by atoms with E-state index in [9.17, 15) is 26.4 Å². The number of alkyl halides is 3. The Balaban J connectivity index is 1.84. The summed E-state index contributed by atoms with van der Waals surface area (Å²) in [6, 6.07) is 13.3. The first-order valence-electron chi connectivity index (χ1n) is 9.46. The Bertz CT molecular complexity index is 1330. The highest BCUT2D eigenvalue weighted by atomic mass is 35.5. The summed E-state index contributed by atoms with van der Waals surface area (Å²) in [6.07, 6.45) is -3.70. The van der Waals surface area contributed by atoms with Crippen LogP contribution in [0.3, 0.4) is 0 Å². The van der Waals surface area contributed by atoms with Crippen molar-refractivity contribution in [3.8, 4) is 0 Å². The number of hydrogen-bond donors (Lipinski definition) is 1. The maximum Gasteiger partial charge on any atom is 0.418 e. The van der Waals surface area contributed by atoms with Gasteiger partial charge in [0.25, 0.3) is 5.91 Å². The van der Waals surface area contributed by atoms with Crippen molar-refractivity contribution in [1.29, 1.82) is 0 Å². The van der Waals surface area contributed by atoms with Gasteiger partial charge in [-0.25, -0.2) is 8.42 Å². The van der Waals surface area contributed by atoms with Crippen LogP contribution in [0.4, 0.5) is 24.5 Å². The summed E-state index contributed by atoms with van der Waals surface area (Å²) in [5.74, 6) is -0.780. The van der Waals surface area contributed by atoms with E-state index in [0.29, 0.717) is 5.56 Å². The Morgan fingerprint density at radius 3 is 2.24 bits per heavy atom. The van der Waals surface area contributed by atoms with Gasteiger partial charge in [-0.1, -0.05) is 53.0 Å². The lowest BCUT2D eigenvalue weighted by Crippen LogP contribution is -2.29. The largest absolute Gasteiger partial charge is 0.418 e. The molecular formula is C22H16Cl3F3N2O3S. The minimum absolute atomic E-state index is 0.0639. The van der Waals surface area contributed by atoms with Gasteiger partial charge in [0.1, 0.15) is 0 Å². The Labute approximate surface area is 209 Å². The smallest absolute Gasteiger partial charge is 0.321 e. The molecule has 0 aliphatic carbocycles. The maximum absolute atomic E-state index is 13.3. The van der Waals surface area contributed by atoms with Crippen LogP contribution in [-0.2, 0) is 22.7 Å². The van der Waals surface area contributed by atoms with Crippen molar-refractivity contribution in [3.05, 3.63) is 92.4 Å². The van der Waals surface area contributed by atoms with Crippen LogP contribution in [0.2, 0.25) is 15.1 Å². The Kier molecular flexibility index (Phi) is 7.72. The van der Waals surface area contributed by atoms with E-state index in [2.05, 4.69) is 5.32 Å². The molecule has 0 saturated heterocycles. The molecule has 0 aliphatic rings. The number of carbonyl (C=O) groups excluding carboxylic acids is 1. The van der Waals surface area contributed by atoms with Crippen LogP contribution >= 0.6 is 34.8 Å². The van der Waals surface area contributed by atoms with Crippen LogP contribution < -0.4 is 9.62 Å². The second kappa shape index (κ2) is 10.0. The van der Waals surface area contributed by atoms with E-state index in [1.807, 2.05) is 0 Å². The van der Waals surface area contributed by atoms with Crippen LogP contribution in [0.15, 0.2) is 60.7 Å². The fourth-order valence-electron chi connectivity index (χ4n) is 3.05. The summed E-state index contributed by atoms with van der Waals surface area (Å²) in [4.78, 5) is 12.5. The molecule has 0 saturated carbocycles. The fraction of sp³-hybridized carbons (Fsp3) is 0.136. The number of amides is 1. The normalized spacial score (nSPS) is 11.9. The molecule has 0 unspecified atom stereocenters. The van der Waals surface area contributed by atoms with Gasteiger partial charge in [-0.15, -0.1) is 0 Å². The lowest BCUT2D eigenvalue weighted by molar-refractivity contribution is -0.136. The van der Waals surface area contributed by atoms with Crippen molar-refractivity contribution >= 4 is 62.1 Å². The van der Waals surface area contributed by atoms with Crippen LogP contribution in [0, 0.1) is 0 Å². The first kappa shape index (κ1) is 26.2. The molecule has 0 atom stereocenters. The van der Waals surface area contributed by atoms with Crippen LogP contribution in [0.1, 0.15) is 21.5 Å². The molecule has 0 fully saturated rings. The van der Waals surface area contributed by atoms with Crippen molar-refractivity contribution in [2.75, 3.05) is 15.9 Å². The van der Waals surface area contributed by atoms with Gasteiger partial charge in [0.05, 0.1) is 39.8 Å². The number of rotatable bonds is 6. The number of nitrogens with zero attached hydrogens (tertiary/aromatic N) is 1. The average molecular weight is 552 g/mol. The number of hydrogen-bond acceptors (Lipinski definition) is 3. The predicted octanol–water partition coefficient (Wildman–Crippen LogP) is 6.88. The average Bonchev–Trinajstić information content (AvgIpc) is 2.74. The summed E-state index contributed by atoms with van der Waals surface area (Å²) < 4.78 is 65.6. The molecule has 0 spiro atoms. The SMILES string of the molecule is CS(=O)(=O)N(Cc1ccc(C(=O)Nc2ccc(Cl)cc2C(F)(F)F)cc1)c1cccc(Cl)c1Cl. The highest BCUT2D eigenvalue weighted by Gasteiger charge is 2.34. The molecule has 34 heavy (non-hydrogen) atoms. The summed E-state index contributed by atoms with van der Waals surface area (Å²) in [6.45, 7) is -0.115. The van der Waals surface area contributed by atoms with Crippen molar-refractivity contribution in [2.24, 2.45) is 0 Å². The topological polar surface area (TPSA) is 66.5 Å². The predicted molar refractivity (Wildman–Crippen MR) is 128 cm³/mol. The zero-order valence-electron chi connectivity index (χ0n) is 17.3. The minimum atomic E-state index is -4.71. The maximum atomic E-state index is 13.3. The molecule has 3 aromatic rings. The molecule has 1 amide bonds. The van der Waals surface area contributed by atoms with E-state index in [1.54, 1.807) is 6.07 Å². The number of sulfonamides is 1. The molecule has 0 aliphatic heterocycles. The number of carbonyl (C=O) groups is 1. The molecule has 0 bridgehead atoms. The van der Waals surface area contributed by atoms with Crippen molar-refractivity contribution in [2.45, 2.75) is 12.7 Å². The molecule has 12 heteroatoms. The molecule has 1 N–H and O–H groups in total. The Morgan fingerprint density at radius 2 is 1.65 bits per heavy atom. The zero-order chi connectivity index (χ0) is 25.3. The Morgan fingerprint density at radius 1 is 1.00 bits per heavy atom. The summed E-state index contributed by atoms with van der Waals surface area (Å²) in [5.41, 5.74) is -0.767.